The fourth-order valence-corrected chi connectivity index (χ4v) is 1.91. The van der Waals surface area contributed by atoms with Crippen molar-refractivity contribution >= 4 is 0 Å². The van der Waals surface area contributed by atoms with Crippen molar-refractivity contribution in [3.63, 3.8) is 0 Å². The maximum Gasteiger partial charge on any atom is 0.0523 e. The minimum atomic E-state index is 0.220. The van der Waals surface area contributed by atoms with Gasteiger partial charge in [0.1, 0.15) is 0 Å². The monoisotopic (exact) mass is 192 g/mol. The molecule has 0 bridgehead atoms. The van der Waals surface area contributed by atoms with Crippen molar-refractivity contribution in [2.24, 2.45) is 5.92 Å². The zero-order chi connectivity index (χ0) is 9.97. The molecule has 1 N–H and O–H groups in total. The Kier molecular flexibility index (Phi) is 2.85. The van der Waals surface area contributed by atoms with Gasteiger partial charge in [-0.1, -0.05) is 29.8 Å². The molecule has 1 aliphatic heterocycles. The number of aliphatic hydroxyl groups is 1. The van der Waals surface area contributed by atoms with E-state index in [4.69, 9.17) is 4.74 Å². The molecule has 1 aromatic carbocycles. The molecule has 2 nitrogen and oxygen atoms in total. The average Bonchev–Trinajstić information content (AvgIpc) is 2.10. The predicted molar refractivity (Wildman–Crippen MR) is 55.3 cm³/mol. The van der Waals surface area contributed by atoms with Crippen LogP contribution in [0.1, 0.15) is 17.0 Å². The normalized spacial score (nSPS) is 19.0. The summed E-state index contributed by atoms with van der Waals surface area (Å²) in [5.74, 6) is 0.755. The van der Waals surface area contributed by atoms with Gasteiger partial charge in [0.05, 0.1) is 19.8 Å². The third kappa shape index (κ3) is 1.81. The van der Waals surface area contributed by atoms with Crippen molar-refractivity contribution in [3.8, 4) is 0 Å². The van der Waals surface area contributed by atoms with E-state index in [1.165, 1.54) is 11.1 Å². The van der Waals surface area contributed by atoms with Gasteiger partial charge in [-0.05, 0) is 12.5 Å². The van der Waals surface area contributed by atoms with Crippen molar-refractivity contribution in [1.29, 1.82) is 0 Å². The zero-order valence-electron chi connectivity index (χ0n) is 8.44. The van der Waals surface area contributed by atoms with E-state index in [0.29, 0.717) is 5.92 Å². The van der Waals surface area contributed by atoms with Crippen LogP contribution in [0.15, 0.2) is 24.3 Å². The van der Waals surface area contributed by atoms with Crippen LogP contribution in [0.3, 0.4) is 0 Å². The lowest BCUT2D eigenvalue weighted by molar-refractivity contribution is -0.0527. The highest BCUT2D eigenvalue weighted by molar-refractivity contribution is 5.26. The van der Waals surface area contributed by atoms with Crippen LogP contribution in [0.5, 0.6) is 0 Å². The highest BCUT2D eigenvalue weighted by atomic mass is 16.5. The lowest BCUT2D eigenvalue weighted by atomic mass is 9.85. The van der Waals surface area contributed by atoms with E-state index in [1.54, 1.807) is 0 Å². The van der Waals surface area contributed by atoms with E-state index < -0.39 is 0 Å². The molecule has 1 atom stereocenters. The third-order valence-corrected chi connectivity index (χ3v) is 2.90. The molecule has 0 saturated carbocycles. The van der Waals surface area contributed by atoms with Gasteiger partial charge in [-0.2, -0.15) is 0 Å². The number of hydrogen-bond donors (Lipinski definition) is 1. The second kappa shape index (κ2) is 4.11. The van der Waals surface area contributed by atoms with Crippen molar-refractivity contribution in [3.05, 3.63) is 35.4 Å². The highest BCUT2D eigenvalue weighted by Gasteiger charge is 2.28. The summed E-state index contributed by atoms with van der Waals surface area (Å²) < 4.78 is 5.16. The smallest absolute Gasteiger partial charge is 0.0523 e. The van der Waals surface area contributed by atoms with Gasteiger partial charge < -0.3 is 9.84 Å². The number of ether oxygens (including phenoxy) is 1. The largest absolute Gasteiger partial charge is 0.396 e. The lowest BCUT2D eigenvalue weighted by Crippen LogP contribution is -2.34. The molecule has 1 unspecified atom stereocenters. The molecule has 0 amide bonds. The molecule has 1 aliphatic rings. The number of aryl methyl sites for hydroxylation is 1. The first kappa shape index (κ1) is 9.69. The van der Waals surface area contributed by atoms with E-state index in [-0.39, 0.29) is 12.5 Å². The van der Waals surface area contributed by atoms with Gasteiger partial charge in [0, 0.05) is 11.8 Å². The summed E-state index contributed by atoms with van der Waals surface area (Å²) in [6.07, 6.45) is 0. The first-order valence-electron chi connectivity index (χ1n) is 5.06. The van der Waals surface area contributed by atoms with Crippen LogP contribution in [0.4, 0.5) is 0 Å². The standard InChI is InChI=1S/C12H16O2/c1-9-3-2-4-10(5-9)12(6-13)11-7-14-8-11/h2-5,11-13H,6-8H2,1H3. The fourth-order valence-electron chi connectivity index (χ4n) is 1.91. The Morgan fingerprint density at radius 3 is 2.79 bits per heavy atom. The Balaban J connectivity index is 2.17. The first-order valence-corrected chi connectivity index (χ1v) is 5.06. The second-order valence-electron chi connectivity index (χ2n) is 4.00. The SMILES string of the molecule is Cc1cccc(C(CO)C2COC2)c1. The Morgan fingerprint density at radius 2 is 2.29 bits per heavy atom. The Morgan fingerprint density at radius 1 is 1.50 bits per heavy atom. The summed E-state index contributed by atoms with van der Waals surface area (Å²) in [5, 5.41) is 9.35. The summed E-state index contributed by atoms with van der Waals surface area (Å²) in [7, 11) is 0. The molecular formula is C12H16O2. The summed E-state index contributed by atoms with van der Waals surface area (Å²) >= 11 is 0. The van der Waals surface area contributed by atoms with Crippen LogP contribution < -0.4 is 0 Å². The second-order valence-corrected chi connectivity index (χ2v) is 4.00. The van der Waals surface area contributed by atoms with Gasteiger partial charge in [0.25, 0.3) is 0 Å². The van der Waals surface area contributed by atoms with E-state index >= 15 is 0 Å². The van der Waals surface area contributed by atoms with Crippen LogP contribution in [0.25, 0.3) is 0 Å². The molecule has 0 spiro atoms. The average molecular weight is 192 g/mol. The predicted octanol–water partition coefficient (Wildman–Crippen LogP) is 1.72. The van der Waals surface area contributed by atoms with Crippen LogP contribution >= 0.6 is 0 Å². The molecule has 1 aromatic rings. The summed E-state index contributed by atoms with van der Waals surface area (Å²) in [5.41, 5.74) is 2.49. The first-order chi connectivity index (χ1) is 6.81. The molecule has 76 valence electrons. The quantitative estimate of drug-likeness (QED) is 0.790. The molecule has 0 aromatic heterocycles. The van der Waals surface area contributed by atoms with Gasteiger partial charge in [0.15, 0.2) is 0 Å². The van der Waals surface area contributed by atoms with Gasteiger partial charge >= 0.3 is 0 Å². The van der Waals surface area contributed by atoms with E-state index in [9.17, 15) is 5.11 Å². The summed E-state index contributed by atoms with van der Waals surface area (Å²) in [6.45, 7) is 3.88. The van der Waals surface area contributed by atoms with Gasteiger partial charge in [-0.25, -0.2) is 0 Å². The Hall–Kier alpha value is -0.860. The molecule has 2 heteroatoms. The Bertz CT molecular complexity index is 305. The van der Waals surface area contributed by atoms with Crippen LogP contribution in [0.2, 0.25) is 0 Å². The van der Waals surface area contributed by atoms with Gasteiger partial charge in [-0.15, -0.1) is 0 Å². The number of benzene rings is 1. The van der Waals surface area contributed by atoms with E-state index in [0.717, 1.165) is 13.2 Å². The fraction of sp³-hybridized carbons (Fsp3) is 0.500. The van der Waals surface area contributed by atoms with Gasteiger partial charge in [-0.3, -0.25) is 0 Å². The van der Waals surface area contributed by atoms with E-state index in [1.807, 2.05) is 6.07 Å². The maximum absolute atomic E-state index is 9.35. The molecule has 0 radical (unpaired) electrons. The van der Waals surface area contributed by atoms with Crippen LogP contribution in [0, 0.1) is 12.8 Å². The van der Waals surface area contributed by atoms with Crippen molar-refractivity contribution in [1.82, 2.24) is 0 Å². The molecule has 1 heterocycles. The van der Waals surface area contributed by atoms with Crippen LogP contribution in [-0.2, 0) is 4.74 Å². The molecular weight excluding hydrogens is 176 g/mol. The highest BCUT2D eigenvalue weighted by Crippen LogP contribution is 2.30. The molecule has 2 rings (SSSR count). The molecule has 1 saturated heterocycles. The lowest BCUT2D eigenvalue weighted by Gasteiger charge is -2.33. The van der Waals surface area contributed by atoms with Crippen LogP contribution in [-0.4, -0.2) is 24.9 Å². The van der Waals surface area contributed by atoms with Gasteiger partial charge in [0.2, 0.25) is 0 Å². The van der Waals surface area contributed by atoms with Crippen molar-refractivity contribution in [2.45, 2.75) is 12.8 Å². The molecule has 0 aliphatic carbocycles. The number of aliphatic hydroxyl groups excluding tert-OH is 1. The van der Waals surface area contributed by atoms with Crippen molar-refractivity contribution in [2.75, 3.05) is 19.8 Å². The Labute approximate surface area is 84.5 Å². The summed E-state index contributed by atoms with van der Waals surface area (Å²) in [4.78, 5) is 0. The minimum Gasteiger partial charge on any atom is -0.396 e. The number of hydrogen-bond acceptors (Lipinski definition) is 2. The molecule has 1 fully saturated rings. The molecule has 14 heavy (non-hydrogen) atoms. The zero-order valence-corrected chi connectivity index (χ0v) is 8.44. The third-order valence-electron chi connectivity index (χ3n) is 2.90. The van der Waals surface area contributed by atoms with Crippen molar-refractivity contribution < 1.29 is 9.84 Å². The number of rotatable bonds is 3. The minimum absolute atomic E-state index is 0.220. The topological polar surface area (TPSA) is 29.5 Å². The maximum atomic E-state index is 9.35. The summed E-state index contributed by atoms with van der Waals surface area (Å²) in [6, 6.07) is 8.37. The van der Waals surface area contributed by atoms with E-state index in [2.05, 4.69) is 25.1 Å².